The fourth-order valence-electron chi connectivity index (χ4n) is 6.11. The zero-order valence-electron chi connectivity index (χ0n) is 24.4. The highest BCUT2D eigenvalue weighted by molar-refractivity contribution is 6.67. The van der Waals surface area contributed by atoms with Crippen molar-refractivity contribution >= 4 is 64.6 Å². The number of carbonyl (C=O) groups excluding carboxylic acids is 4. The Labute approximate surface area is 286 Å². The number of nitrogens with zero attached hydrogens (tertiary/aromatic N) is 3. The molecular formula is C26H24Cl3F6N7O7. The number of imide groups is 1. The van der Waals surface area contributed by atoms with Crippen molar-refractivity contribution in [1.29, 1.82) is 0 Å². The number of nitrogens with one attached hydrogen (secondary N) is 4. The number of alkyl carbamates (subject to hydrolysis) is 1. The zero-order chi connectivity index (χ0) is 36.5. The first-order valence-corrected chi connectivity index (χ1v) is 15.1. The number of halogens is 9. The van der Waals surface area contributed by atoms with Crippen LogP contribution in [-0.4, -0.2) is 103 Å². The van der Waals surface area contributed by atoms with Crippen LogP contribution in [0.3, 0.4) is 0 Å². The fourth-order valence-corrected chi connectivity index (χ4v) is 6.28. The summed E-state index contributed by atoms with van der Waals surface area (Å²) < 4.78 is 84.4. The van der Waals surface area contributed by atoms with E-state index in [1.165, 1.54) is 0 Å². The van der Waals surface area contributed by atoms with Gasteiger partial charge in [0.1, 0.15) is 12.6 Å². The molecule has 1 aromatic rings. The smallest absolute Gasteiger partial charge is 0.417 e. The van der Waals surface area contributed by atoms with Gasteiger partial charge in [-0.15, -0.1) is 0 Å². The number of rotatable bonds is 5. The minimum absolute atomic E-state index is 0.0373. The Morgan fingerprint density at radius 1 is 1.08 bits per heavy atom. The molecule has 0 aromatic heterocycles. The van der Waals surface area contributed by atoms with Gasteiger partial charge in [0.25, 0.3) is 5.91 Å². The van der Waals surface area contributed by atoms with Crippen LogP contribution in [0.25, 0.3) is 0 Å². The molecule has 14 nitrogen and oxygen atoms in total. The highest BCUT2D eigenvalue weighted by atomic mass is 35.6. The molecule has 1 spiro atoms. The van der Waals surface area contributed by atoms with Gasteiger partial charge in [0, 0.05) is 19.4 Å². The third-order valence-electron chi connectivity index (χ3n) is 8.20. The van der Waals surface area contributed by atoms with E-state index < -0.39 is 112 Å². The molecule has 0 unspecified atom stereocenters. The number of hydrogen-bond donors (Lipinski definition) is 6. The second-order valence-corrected chi connectivity index (χ2v) is 13.9. The number of likely N-dealkylation sites (tertiary alicyclic amines) is 1. The van der Waals surface area contributed by atoms with Gasteiger partial charge in [0.15, 0.2) is 5.66 Å². The topological polar surface area (TPSA) is 185 Å². The van der Waals surface area contributed by atoms with Gasteiger partial charge in [-0.25, -0.2) is 9.79 Å². The van der Waals surface area contributed by atoms with E-state index in [1.54, 1.807) is 0 Å². The molecule has 3 fully saturated rings. The zero-order valence-corrected chi connectivity index (χ0v) is 26.7. The van der Waals surface area contributed by atoms with Gasteiger partial charge in [-0.2, -0.15) is 26.3 Å². The molecular weight excluding hydrogens is 743 g/mol. The van der Waals surface area contributed by atoms with E-state index in [1.807, 2.05) is 5.32 Å². The van der Waals surface area contributed by atoms with Crippen LogP contribution < -0.4 is 21.3 Å². The summed E-state index contributed by atoms with van der Waals surface area (Å²) in [5.74, 6) is -6.87. The van der Waals surface area contributed by atoms with Crippen molar-refractivity contribution in [3.63, 3.8) is 0 Å². The standard InChI is InChI=1S/C26H24Cl3F6N7O7/c1-10-36-18-14(7-41-16(43)4-5-17(41)44)37-20(39-21(46)49-9-22(27,28)29)42-8-15(24(47,48)23(18,42)40-10)38-19(45)12-6-11(25(30,31)32)2-3-13(12)26(33,34)35/h2-3,6,14-15,18,36,40,47-48H,1,4-5,7-9H2,(H,38,45)(H,37,39,46)/t14-,15-,18-,23-/m0/s1. The van der Waals surface area contributed by atoms with Crippen LogP contribution in [0.1, 0.15) is 34.3 Å². The van der Waals surface area contributed by atoms with Gasteiger partial charge in [0.05, 0.1) is 41.1 Å². The molecule has 0 aliphatic carbocycles. The van der Waals surface area contributed by atoms with Crippen LogP contribution >= 0.6 is 34.8 Å². The van der Waals surface area contributed by atoms with Crippen LogP contribution in [0.4, 0.5) is 31.1 Å². The van der Waals surface area contributed by atoms with Crippen molar-refractivity contribution in [2.45, 2.75) is 58.6 Å². The number of hydrogen-bond acceptors (Lipinski definition) is 11. The van der Waals surface area contributed by atoms with Gasteiger partial charge in [-0.1, -0.05) is 41.4 Å². The number of aliphatic imine (C=N–C) groups is 1. The molecule has 6 N–H and O–H groups in total. The summed E-state index contributed by atoms with van der Waals surface area (Å²) >= 11 is 16.9. The van der Waals surface area contributed by atoms with Gasteiger partial charge in [-0.3, -0.25) is 24.6 Å². The summed E-state index contributed by atoms with van der Waals surface area (Å²) in [7, 11) is 0. The first kappa shape index (κ1) is 36.6. The average molecular weight is 767 g/mol. The van der Waals surface area contributed by atoms with Crippen molar-refractivity contribution in [2.24, 2.45) is 4.99 Å². The van der Waals surface area contributed by atoms with E-state index >= 15 is 0 Å². The van der Waals surface area contributed by atoms with Crippen LogP contribution in [-0.2, 0) is 26.7 Å². The lowest BCUT2D eigenvalue weighted by Crippen LogP contribution is -2.78. The highest BCUT2D eigenvalue weighted by Gasteiger charge is 2.74. The molecule has 3 saturated heterocycles. The Morgan fingerprint density at radius 2 is 1.71 bits per heavy atom. The lowest BCUT2D eigenvalue weighted by atomic mass is 9.85. The van der Waals surface area contributed by atoms with Gasteiger partial charge < -0.3 is 35.8 Å². The lowest BCUT2D eigenvalue weighted by Gasteiger charge is -2.49. The molecule has 4 aliphatic heterocycles. The molecule has 0 bridgehead atoms. The summed E-state index contributed by atoms with van der Waals surface area (Å²) in [6, 6.07) is -4.55. The van der Waals surface area contributed by atoms with Gasteiger partial charge in [-0.05, 0) is 18.2 Å². The molecule has 4 amide bonds. The first-order valence-electron chi connectivity index (χ1n) is 13.9. The second-order valence-electron chi connectivity index (χ2n) is 11.3. The van der Waals surface area contributed by atoms with Crippen molar-refractivity contribution in [1.82, 2.24) is 31.1 Å². The van der Waals surface area contributed by atoms with Crippen molar-refractivity contribution < 1.29 is 60.5 Å². The molecule has 0 radical (unpaired) electrons. The highest BCUT2D eigenvalue weighted by Crippen LogP contribution is 2.45. The van der Waals surface area contributed by atoms with Crippen LogP contribution in [0.5, 0.6) is 0 Å². The number of aliphatic hydroxyl groups is 2. The maximum atomic E-state index is 13.8. The van der Waals surface area contributed by atoms with Crippen LogP contribution in [0.15, 0.2) is 35.6 Å². The van der Waals surface area contributed by atoms with Crippen LogP contribution in [0, 0.1) is 0 Å². The van der Waals surface area contributed by atoms with E-state index in [0.29, 0.717) is 0 Å². The minimum Gasteiger partial charge on any atom is -0.445 e. The summed E-state index contributed by atoms with van der Waals surface area (Å²) in [5.41, 5.74) is -7.16. The molecule has 0 saturated carbocycles. The number of amides is 4. The molecule has 4 atom stereocenters. The van der Waals surface area contributed by atoms with Crippen molar-refractivity contribution in [2.75, 3.05) is 19.7 Å². The van der Waals surface area contributed by atoms with Crippen molar-refractivity contribution in [3.8, 4) is 0 Å². The van der Waals surface area contributed by atoms with Gasteiger partial charge in [0.2, 0.25) is 27.4 Å². The molecule has 49 heavy (non-hydrogen) atoms. The maximum Gasteiger partial charge on any atom is 0.417 e. The second kappa shape index (κ2) is 12.3. The maximum absolute atomic E-state index is 13.8. The number of carbonyl (C=O) groups is 4. The first-order chi connectivity index (χ1) is 22.5. The Kier molecular flexibility index (Phi) is 9.14. The Hall–Kier alpha value is -3.72. The molecule has 1 aromatic carbocycles. The molecule has 23 heteroatoms. The molecule has 268 valence electrons. The Bertz CT molecular complexity index is 1620. The van der Waals surface area contributed by atoms with E-state index in [-0.39, 0.29) is 36.9 Å². The Balaban J connectivity index is 1.55. The predicted octanol–water partition coefficient (Wildman–Crippen LogP) is 1.53. The SMILES string of the molecule is C=C1N[C@H]2[C@H](CN3C(=O)CCC3=O)N=C(NC(=O)OCC(Cl)(Cl)Cl)N3C[C@H](NC(=O)c4cc(C(F)(F)F)ccc4C(F)(F)F)C(O)(O)[C@]23N1. The lowest BCUT2D eigenvalue weighted by molar-refractivity contribution is -0.231. The quantitative estimate of drug-likeness (QED) is 0.111. The van der Waals surface area contributed by atoms with Crippen LogP contribution in [0.2, 0.25) is 0 Å². The molecule has 4 aliphatic rings. The summed E-state index contributed by atoms with van der Waals surface area (Å²) in [6.07, 6.45) is -12.0. The van der Waals surface area contributed by atoms with Crippen molar-refractivity contribution in [3.05, 3.63) is 47.3 Å². The summed E-state index contributed by atoms with van der Waals surface area (Å²) in [6.45, 7) is 1.64. The Morgan fingerprint density at radius 3 is 2.29 bits per heavy atom. The monoisotopic (exact) mass is 765 g/mol. The minimum atomic E-state index is -5.30. The number of guanidine groups is 1. The molecule has 4 heterocycles. The summed E-state index contributed by atoms with van der Waals surface area (Å²) in [5, 5.41) is 33.1. The third-order valence-corrected chi connectivity index (χ3v) is 8.52. The number of alkyl halides is 9. The van der Waals surface area contributed by atoms with E-state index in [0.717, 1.165) is 9.80 Å². The molecule has 5 rings (SSSR count). The van der Waals surface area contributed by atoms with E-state index in [4.69, 9.17) is 39.5 Å². The average Bonchev–Trinajstić information content (AvgIpc) is 3.57. The largest absolute Gasteiger partial charge is 0.445 e. The van der Waals surface area contributed by atoms with E-state index in [2.05, 4.69) is 27.5 Å². The normalized spacial score (nSPS) is 26.5. The van der Waals surface area contributed by atoms with Gasteiger partial charge >= 0.3 is 18.4 Å². The predicted molar refractivity (Wildman–Crippen MR) is 155 cm³/mol. The third kappa shape index (κ3) is 6.75. The number of benzene rings is 1. The van der Waals surface area contributed by atoms with E-state index in [9.17, 15) is 55.7 Å². The fraction of sp³-hybridized carbons (Fsp3) is 0.500. The summed E-state index contributed by atoms with van der Waals surface area (Å²) in [4.78, 5) is 57.1. The number of ether oxygens (including phenoxy) is 1.